The van der Waals surface area contributed by atoms with Crippen molar-refractivity contribution in [3.05, 3.63) is 41.4 Å². The minimum absolute atomic E-state index is 0.150. The van der Waals surface area contributed by atoms with Gasteiger partial charge in [-0.25, -0.2) is 4.98 Å². The molecule has 0 fully saturated rings. The van der Waals surface area contributed by atoms with Gasteiger partial charge in [0.2, 0.25) is 0 Å². The number of aliphatic hydroxyl groups is 1. The van der Waals surface area contributed by atoms with Gasteiger partial charge in [0, 0.05) is 23.5 Å². The van der Waals surface area contributed by atoms with Gasteiger partial charge in [0.15, 0.2) is 0 Å². The van der Waals surface area contributed by atoms with E-state index >= 15 is 0 Å². The molecule has 1 atom stereocenters. The van der Waals surface area contributed by atoms with Gasteiger partial charge < -0.3 is 10.4 Å². The summed E-state index contributed by atoms with van der Waals surface area (Å²) >= 11 is 1.66. The molecule has 108 valence electrons. The van der Waals surface area contributed by atoms with Crippen molar-refractivity contribution in [3.8, 4) is 10.6 Å². The van der Waals surface area contributed by atoms with Crippen LogP contribution < -0.4 is 5.32 Å². The van der Waals surface area contributed by atoms with Crippen LogP contribution in [0.1, 0.15) is 26.0 Å². The zero-order valence-electron chi connectivity index (χ0n) is 12.0. The molecule has 2 aromatic rings. The zero-order chi connectivity index (χ0) is 14.4. The largest absolute Gasteiger partial charge is 0.395 e. The van der Waals surface area contributed by atoms with Crippen LogP contribution in [0.25, 0.3) is 10.6 Å². The number of hydrogen-bond donors (Lipinski definition) is 2. The van der Waals surface area contributed by atoms with Crippen molar-refractivity contribution in [1.82, 2.24) is 10.3 Å². The van der Waals surface area contributed by atoms with Gasteiger partial charge in [0.1, 0.15) is 5.01 Å². The SMILES string of the molecule is CC(C)CC(CO)NCc1csc(-c2ccccc2)n1. The number of aliphatic hydroxyl groups excluding tert-OH is 1. The van der Waals surface area contributed by atoms with Crippen LogP contribution in [0, 0.1) is 5.92 Å². The summed E-state index contributed by atoms with van der Waals surface area (Å²) in [5, 5.41) is 15.9. The minimum Gasteiger partial charge on any atom is -0.395 e. The number of hydrogen-bond acceptors (Lipinski definition) is 4. The molecule has 1 unspecified atom stereocenters. The fourth-order valence-electron chi connectivity index (χ4n) is 2.14. The van der Waals surface area contributed by atoms with Gasteiger partial charge in [-0.3, -0.25) is 0 Å². The van der Waals surface area contributed by atoms with E-state index in [-0.39, 0.29) is 12.6 Å². The highest BCUT2D eigenvalue weighted by Gasteiger charge is 2.10. The van der Waals surface area contributed by atoms with E-state index in [1.165, 1.54) is 0 Å². The van der Waals surface area contributed by atoms with Crippen molar-refractivity contribution in [2.45, 2.75) is 32.9 Å². The average molecular weight is 290 g/mol. The van der Waals surface area contributed by atoms with E-state index < -0.39 is 0 Å². The van der Waals surface area contributed by atoms with Gasteiger partial charge >= 0.3 is 0 Å². The van der Waals surface area contributed by atoms with Crippen LogP contribution in [0.4, 0.5) is 0 Å². The molecule has 0 saturated heterocycles. The Morgan fingerprint density at radius 1 is 1.25 bits per heavy atom. The topological polar surface area (TPSA) is 45.1 Å². The molecular formula is C16H22N2OS. The second-order valence-corrected chi connectivity index (χ2v) is 6.26. The molecule has 1 aromatic heterocycles. The van der Waals surface area contributed by atoms with Gasteiger partial charge in [-0.15, -0.1) is 11.3 Å². The summed E-state index contributed by atoms with van der Waals surface area (Å²) in [6, 6.07) is 10.4. The van der Waals surface area contributed by atoms with Crippen LogP contribution in [0.15, 0.2) is 35.7 Å². The van der Waals surface area contributed by atoms with Crippen molar-refractivity contribution in [1.29, 1.82) is 0 Å². The highest BCUT2D eigenvalue weighted by atomic mass is 32.1. The lowest BCUT2D eigenvalue weighted by atomic mass is 10.0. The maximum absolute atomic E-state index is 9.36. The van der Waals surface area contributed by atoms with Gasteiger partial charge in [-0.2, -0.15) is 0 Å². The summed E-state index contributed by atoms with van der Waals surface area (Å²) in [6.45, 7) is 5.22. The Labute approximate surface area is 124 Å². The Morgan fingerprint density at radius 2 is 2.00 bits per heavy atom. The van der Waals surface area contributed by atoms with Gasteiger partial charge in [0.05, 0.1) is 12.3 Å². The Kier molecular flexibility index (Phi) is 5.71. The molecule has 0 saturated carbocycles. The average Bonchev–Trinajstić information content (AvgIpc) is 2.93. The molecule has 0 radical (unpaired) electrons. The molecule has 0 aliphatic heterocycles. The molecule has 1 aromatic carbocycles. The molecule has 0 amide bonds. The van der Waals surface area contributed by atoms with Gasteiger partial charge in [0.25, 0.3) is 0 Å². The number of nitrogens with one attached hydrogen (secondary N) is 1. The molecule has 0 bridgehead atoms. The quantitative estimate of drug-likeness (QED) is 0.822. The van der Waals surface area contributed by atoms with E-state index in [0.29, 0.717) is 12.5 Å². The normalized spacial score (nSPS) is 12.8. The summed E-state index contributed by atoms with van der Waals surface area (Å²) < 4.78 is 0. The van der Waals surface area contributed by atoms with E-state index in [4.69, 9.17) is 0 Å². The summed E-state index contributed by atoms with van der Waals surface area (Å²) in [5.74, 6) is 0.579. The number of rotatable bonds is 7. The molecule has 0 aliphatic carbocycles. The van der Waals surface area contributed by atoms with E-state index in [2.05, 4.69) is 41.7 Å². The standard InChI is InChI=1S/C16H22N2OS/c1-12(2)8-14(10-19)17-9-15-11-20-16(18-15)13-6-4-3-5-7-13/h3-7,11-12,14,17,19H,8-10H2,1-2H3. The molecule has 2 N–H and O–H groups in total. The fraction of sp³-hybridized carbons (Fsp3) is 0.438. The van der Waals surface area contributed by atoms with Crippen molar-refractivity contribution in [3.63, 3.8) is 0 Å². The number of aromatic nitrogens is 1. The second-order valence-electron chi connectivity index (χ2n) is 5.40. The van der Waals surface area contributed by atoms with Crippen LogP contribution >= 0.6 is 11.3 Å². The molecule has 2 rings (SSSR count). The lowest BCUT2D eigenvalue weighted by Crippen LogP contribution is -2.33. The second kappa shape index (κ2) is 7.53. The third-order valence-corrected chi connectivity index (χ3v) is 4.06. The third-order valence-electron chi connectivity index (χ3n) is 3.12. The maximum atomic E-state index is 9.36. The Balaban J connectivity index is 1.93. The minimum atomic E-state index is 0.150. The number of nitrogens with zero attached hydrogens (tertiary/aromatic N) is 1. The molecule has 0 spiro atoms. The molecule has 4 heteroatoms. The van der Waals surface area contributed by atoms with Crippen molar-refractivity contribution in [2.75, 3.05) is 6.61 Å². The molecular weight excluding hydrogens is 268 g/mol. The van der Waals surface area contributed by atoms with Crippen molar-refractivity contribution >= 4 is 11.3 Å². The maximum Gasteiger partial charge on any atom is 0.123 e. The van der Waals surface area contributed by atoms with Crippen molar-refractivity contribution in [2.24, 2.45) is 5.92 Å². The van der Waals surface area contributed by atoms with Gasteiger partial charge in [-0.1, -0.05) is 44.2 Å². The Hall–Kier alpha value is -1.23. The first-order valence-corrected chi connectivity index (χ1v) is 7.91. The van der Waals surface area contributed by atoms with E-state index in [1.807, 2.05) is 18.2 Å². The first-order chi connectivity index (χ1) is 9.69. The van der Waals surface area contributed by atoms with Crippen LogP contribution in [0.3, 0.4) is 0 Å². The number of thiazole rings is 1. The summed E-state index contributed by atoms with van der Waals surface area (Å²) in [7, 11) is 0. The predicted molar refractivity (Wildman–Crippen MR) is 84.7 cm³/mol. The van der Waals surface area contributed by atoms with Crippen LogP contribution in [-0.2, 0) is 6.54 Å². The van der Waals surface area contributed by atoms with E-state index in [9.17, 15) is 5.11 Å². The predicted octanol–water partition coefficient (Wildman–Crippen LogP) is 3.31. The summed E-state index contributed by atoms with van der Waals surface area (Å²) in [5.41, 5.74) is 2.20. The van der Waals surface area contributed by atoms with E-state index in [0.717, 1.165) is 22.7 Å². The smallest absolute Gasteiger partial charge is 0.123 e. The van der Waals surface area contributed by atoms with Crippen LogP contribution in [-0.4, -0.2) is 22.7 Å². The zero-order valence-corrected chi connectivity index (χ0v) is 12.9. The van der Waals surface area contributed by atoms with Gasteiger partial charge in [-0.05, 0) is 12.3 Å². The first kappa shape index (κ1) is 15.2. The highest BCUT2D eigenvalue weighted by Crippen LogP contribution is 2.23. The lowest BCUT2D eigenvalue weighted by Gasteiger charge is -2.17. The Morgan fingerprint density at radius 3 is 2.65 bits per heavy atom. The lowest BCUT2D eigenvalue weighted by molar-refractivity contribution is 0.223. The monoisotopic (exact) mass is 290 g/mol. The molecule has 3 nitrogen and oxygen atoms in total. The van der Waals surface area contributed by atoms with Crippen LogP contribution in [0.2, 0.25) is 0 Å². The first-order valence-electron chi connectivity index (χ1n) is 7.03. The van der Waals surface area contributed by atoms with Crippen LogP contribution in [0.5, 0.6) is 0 Å². The molecule has 20 heavy (non-hydrogen) atoms. The summed E-state index contributed by atoms with van der Waals surface area (Å²) in [4.78, 5) is 4.64. The number of benzene rings is 1. The fourth-order valence-corrected chi connectivity index (χ4v) is 2.97. The third kappa shape index (κ3) is 4.40. The highest BCUT2D eigenvalue weighted by molar-refractivity contribution is 7.13. The summed E-state index contributed by atoms with van der Waals surface area (Å²) in [6.07, 6.45) is 0.978. The Bertz CT molecular complexity index is 510. The molecule has 1 heterocycles. The van der Waals surface area contributed by atoms with E-state index in [1.54, 1.807) is 11.3 Å². The molecule has 0 aliphatic rings. The van der Waals surface area contributed by atoms with Crippen molar-refractivity contribution < 1.29 is 5.11 Å².